The topological polar surface area (TPSA) is 35.2 Å². The van der Waals surface area contributed by atoms with Gasteiger partial charge < -0.3 is 10.5 Å². The van der Waals surface area contributed by atoms with Gasteiger partial charge >= 0.3 is 0 Å². The van der Waals surface area contributed by atoms with Gasteiger partial charge in [0.2, 0.25) is 0 Å². The van der Waals surface area contributed by atoms with E-state index in [2.05, 4.69) is 79.9 Å². The Bertz CT molecular complexity index is 394. The molecule has 100 valence electrons. The summed E-state index contributed by atoms with van der Waals surface area (Å²) < 4.78 is 9.71. The van der Waals surface area contributed by atoms with Crippen molar-refractivity contribution in [2.24, 2.45) is 11.7 Å². The highest BCUT2D eigenvalue weighted by molar-refractivity contribution is 14.1. The molecule has 1 fully saturated rings. The number of hydrogen-bond acceptors (Lipinski definition) is 2. The zero-order valence-electron chi connectivity index (χ0n) is 9.96. The van der Waals surface area contributed by atoms with Crippen LogP contribution in [-0.4, -0.2) is 12.6 Å². The maximum Gasteiger partial charge on any atom is 0.146 e. The molecule has 0 spiro atoms. The molecule has 0 aliphatic heterocycles. The first-order chi connectivity index (χ1) is 8.56. The fraction of sp³-hybridized carbons (Fsp3) is 0.538. The average Bonchev–Trinajstić information content (AvgIpc) is 2.30. The molecular formula is C13H16I3NO. The molecule has 0 aromatic heterocycles. The number of hydrogen-bond donors (Lipinski definition) is 1. The van der Waals surface area contributed by atoms with Crippen molar-refractivity contribution in [2.75, 3.05) is 6.61 Å². The van der Waals surface area contributed by atoms with Gasteiger partial charge in [-0.05, 0) is 112 Å². The number of rotatable bonds is 3. The van der Waals surface area contributed by atoms with E-state index < -0.39 is 0 Å². The Morgan fingerprint density at radius 1 is 1.06 bits per heavy atom. The Labute approximate surface area is 149 Å². The second kappa shape index (κ2) is 7.26. The average molecular weight is 583 g/mol. The summed E-state index contributed by atoms with van der Waals surface area (Å²) in [7, 11) is 0. The normalized spacial score (nSPS) is 24.0. The summed E-state index contributed by atoms with van der Waals surface area (Å²) in [5.41, 5.74) is 5.93. The number of nitrogens with two attached hydrogens (primary N) is 1. The van der Waals surface area contributed by atoms with Crippen LogP contribution in [0.4, 0.5) is 0 Å². The number of ether oxygens (including phenoxy) is 1. The molecule has 0 unspecified atom stereocenters. The minimum atomic E-state index is 0.417. The van der Waals surface area contributed by atoms with Gasteiger partial charge in [-0.15, -0.1) is 0 Å². The third-order valence-corrected chi connectivity index (χ3v) is 5.54. The van der Waals surface area contributed by atoms with Crippen molar-refractivity contribution in [1.29, 1.82) is 0 Å². The Hall–Kier alpha value is 1.17. The SMILES string of the molecule is NC1CCC(COc2c(I)cc(I)cc2I)CC1. The molecule has 0 bridgehead atoms. The first-order valence-electron chi connectivity index (χ1n) is 6.09. The van der Waals surface area contributed by atoms with Crippen molar-refractivity contribution < 1.29 is 4.74 Å². The van der Waals surface area contributed by atoms with Crippen LogP contribution in [0.3, 0.4) is 0 Å². The molecule has 2 nitrogen and oxygen atoms in total. The van der Waals surface area contributed by atoms with Crippen molar-refractivity contribution in [3.8, 4) is 5.75 Å². The fourth-order valence-electron chi connectivity index (χ4n) is 2.22. The number of benzene rings is 1. The predicted octanol–water partition coefficient (Wildman–Crippen LogP) is 4.40. The van der Waals surface area contributed by atoms with Gasteiger partial charge in [0, 0.05) is 9.61 Å². The Morgan fingerprint density at radius 3 is 2.17 bits per heavy atom. The molecule has 18 heavy (non-hydrogen) atoms. The van der Waals surface area contributed by atoms with Crippen molar-refractivity contribution in [3.05, 3.63) is 22.8 Å². The summed E-state index contributed by atoms with van der Waals surface area (Å²) in [6.45, 7) is 0.833. The summed E-state index contributed by atoms with van der Waals surface area (Å²) in [4.78, 5) is 0. The van der Waals surface area contributed by atoms with Crippen LogP contribution in [-0.2, 0) is 0 Å². The molecule has 1 aromatic carbocycles. The van der Waals surface area contributed by atoms with E-state index in [-0.39, 0.29) is 0 Å². The summed E-state index contributed by atoms with van der Waals surface area (Å²) in [5, 5.41) is 0. The first kappa shape index (κ1) is 15.6. The summed E-state index contributed by atoms with van der Waals surface area (Å²) in [5.74, 6) is 1.72. The molecule has 0 saturated heterocycles. The molecule has 0 amide bonds. The first-order valence-corrected chi connectivity index (χ1v) is 9.33. The third-order valence-electron chi connectivity index (χ3n) is 3.32. The Balaban J connectivity index is 1.94. The van der Waals surface area contributed by atoms with Gasteiger partial charge in [-0.2, -0.15) is 0 Å². The standard InChI is InChI=1S/C13H16I3NO/c14-9-5-11(15)13(12(16)6-9)18-7-8-1-3-10(17)4-2-8/h5-6,8,10H,1-4,7,17H2. The van der Waals surface area contributed by atoms with Crippen LogP contribution in [0.2, 0.25) is 0 Å². The molecule has 0 heterocycles. The highest BCUT2D eigenvalue weighted by atomic mass is 127. The van der Waals surface area contributed by atoms with Gasteiger partial charge in [-0.25, -0.2) is 0 Å². The van der Waals surface area contributed by atoms with E-state index in [0.29, 0.717) is 12.0 Å². The lowest BCUT2D eigenvalue weighted by Crippen LogP contribution is -2.28. The van der Waals surface area contributed by atoms with Gasteiger partial charge in [0.1, 0.15) is 5.75 Å². The van der Waals surface area contributed by atoms with Crippen LogP contribution in [0, 0.1) is 16.6 Å². The van der Waals surface area contributed by atoms with Crippen molar-refractivity contribution in [3.63, 3.8) is 0 Å². The van der Waals surface area contributed by atoms with Gasteiger partial charge in [-0.3, -0.25) is 0 Å². The van der Waals surface area contributed by atoms with E-state index in [0.717, 1.165) is 25.2 Å². The minimum absolute atomic E-state index is 0.417. The lowest BCUT2D eigenvalue weighted by Gasteiger charge is -2.26. The monoisotopic (exact) mass is 583 g/mol. The molecule has 2 N–H and O–H groups in total. The minimum Gasteiger partial charge on any atom is -0.491 e. The molecule has 0 radical (unpaired) electrons. The molecule has 1 saturated carbocycles. The van der Waals surface area contributed by atoms with Crippen molar-refractivity contribution in [1.82, 2.24) is 0 Å². The highest BCUT2D eigenvalue weighted by Crippen LogP contribution is 2.31. The second-order valence-electron chi connectivity index (χ2n) is 4.79. The second-order valence-corrected chi connectivity index (χ2v) is 8.36. The molecule has 1 aromatic rings. The van der Waals surface area contributed by atoms with E-state index in [9.17, 15) is 0 Å². The van der Waals surface area contributed by atoms with Crippen LogP contribution in [0.5, 0.6) is 5.75 Å². The van der Waals surface area contributed by atoms with Crippen molar-refractivity contribution >= 4 is 67.8 Å². The summed E-state index contributed by atoms with van der Waals surface area (Å²) in [6, 6.07) is 4.74. The molecule has 5 heteroatoms. The number of halogens is 3. The van der Waals surface area contributed by atoms with Crippen molar-refractivity contribution in [2.45, 2.75) is 31.7 Å². The van der Waals surface area contributed by atoms with E-state index in [1.165, 1.54) is 23.6 Å². The zero-order chi connectivity index (χ0) is 13.1. The van der Waals surface area contributed by atoms with Gasteiger partial charge in [0.25, 0.3) is 0 Å². The van der Waals surface area contributed by atoms with E-state index >= 15 is 0 Å². The maximum atomic E-state index is 6.04. The summed E-state index contributed by atoms with van der Waals surface area (Å²) in [6.07, 6.45) is 4.71. The molecule has 1 aliphatic rings. The van der Waals surface area contributed by atoms with Crippen LogP contribution in [0.1, 0.15) is 25.7 Å². The quantitative estimate of drug-likeness (QED) is 0.537. The van der Waals surface area contributed by atoms with Crippen LogP contribution in [0.15, 0.2) is 12.1 Å². The van der Waals surface area contributed by atoms with E-state index in [1.807, 2.05) is 0 Å². The molecule has 0 atom stereocenters. The van der Waals surface area contributed by atoms with Crippen LogP contribution < -0.4 is 10.5 Å². The zero-order valence-corrected chi connectivity index (χ0v) is 16.4. The Kier molecular flexibility index (Phi) is 6.27. The van der Waals surface area contributed by atoms with E-state index in [4.69, 9.17) is 10.5 Å². The van der Waals surface area contributed by atoms with Gasteiger partial charge in [0.15, 0.2) is 0 Å². The summed E-state index contributed by atoms with van der Waals surface area (Å²) >= 11 is 7.05. The third kappa shape index (κ3) is 4.34. The highest BCUT2D eigenvalue weighted by Gasteiger charge is 2.19. The van der Waals surface area contributed by atoms with Gasteiger partial charge in [0.05, 0.1) is 13.7 Å². The molecule has 1 aliphatic carbocycles. The fourth-order valence-corrected chi connectivity index (χ4v) is 6.12. The lowest BCUT2D eigenvalue weighted by molar-refractivity contribution is 0.198. The van der Waals surface area contributed by atoms with Crippen LogP contribution >= 0.6 is 67.8 Å². The predicted molar refractivity (Wildman–Crippen MR) is 100 cm³/mol. The van der Waals surface area contributed by atoms with E-state index in [1.54, 1.807) is 0 Å². The smallest absolute Gasteiger partial charge is 0.146 e. The largest absolute Gasteiger partial charge is 0.491 e. The lowest BCUT2D eigenvalue weighted by atomic mass is 9.87. The van der Waals surface area contributed by atoms with Crippen LogP contribution in [0.25, 0.3) is 0 Å². The van der Waals surface area contributed by atoms with Gasteiger partial charge in [-0.1, -0.05) is 0 Å². The maximum absolute atomic E-state index is 6.04. The Morgan fingerprint density at radius 2 is 1.61 bits per heavy atom. The molecular weight excluding hydrogens is 567 g/mol. The molecule has 2 rings (SSSR count).